The Balaban J connectivity index is 1.56. The topological polar surface area (TPSA) is 18.5 Å². The van der Waals surface area contributed by atoms with Crippen molar-refractivity contribution in [1.29, 1.82) is 0 Å². The molecule has 3 nitrogen and oxygen atoms in total. The van der Waals surface area contributed by atoms with Crippen molar-refractivity contribution in [1.82, 2.24) is 15.1 Å². The van der Waals surface area contributed by atoms with Gasteiger partial charge in [-0.2, -0.15) is 0 Å². The molecule has 2 rings (SSSR count). The van der Waals surface area contributed by atoms with E-state index in [1.54, 1.807) is 0 Å². The molecule has 1 heterocycles. The number of hydrogen-bond donors (Lipinski definition) is 1. The quantitative estimate of drug-likeness (QED) is 0.698. The monoisotopic (exact) mass is 253 g/mol. The zero-order chi connectivity index (χ0) is 13.0. The lowest BCUT2D eigenvalue weighted by atomic mass is 10.1. The Morgan fingerprint density at radius 2 is 1.72 bits per heavy atom. The fourth-order valence-electron chi connectivity index (χ4n) is 2.81. The van der Waals surface area contributed by atoms with Gasteiger partial charge in [-0.3, -0.25) is 9.80 Å². The molecule has 1 aliphatic heterocycles. The van der Waals surface area contributed by atoms with Crippen LogP contribution >= 0.6 is 0 Å². The van der Waals surface area contributed by atoms with E-state index in [0.29, 0.717) is 6.04 Å². The van der Waals surface area contributed by atoms with Crippen molar-refractivity contribution in [3.63, 3.8) is 0 Å². The summed E-state index contributed by atoms with van der Waals surface area (Å²) in [5, 5.41) is 3.60. The number of nitrogens with one attached hydrogen (secondary N) is 1. The minimum atomic E-state index is 0.693. The first-order valence-electron chi connectivity index (χ1n) is 7.85. The van der Waals surface area contributed by atoms with Crippen molar-refractivity contribution in [2.75, 3.05) is 39.3 Å². The van der Waals surface area contributed by atoms with Gasteiger partial charge in [0.25, 0.3) is 0 Å². The summed E-state index contributed by atoms with van der Waals surface area (Å²) in [5.74, 6) is 0.815. The van der Waals surface area contributed by atoms with Gasteiger partial charge in [0.2, 0.25) is 0 Å². The lowest BCUT2D eigenvalue weighted by Crippen LogP contribution is -2.52. The first kappa shape index (κ1) is 14.3. The fourth-order valence-corrected chi connectivity index (χ4v) is 2.81. The predicted octanol–water partition coefficient (Wildman–Crippen LogP) is 1.79. The lowest BCUT2D eigenvalue weighted by Gasteiger charge is -2.38. The van der Waals surface area contributed by atoms with Crippen molar-refractivity contribution in [3.05, 3.63) is 0 Å². The summed E-state index contributed by atoms with van der Waals surface area (Å²) in [6.45, 7) is 14.4. The third-order valence-electron chi connectivity index (χ3n) is 4.37. The molecule has 3 heteroatoms. The van der Waals surface area contributed by atoms with Crippen LogP contribution in [0, 0.1) is 5.92 Å². The molecule has 0 aromatic rings. The fraction of sp³-hybridized carbons (Fsp3) is 1.00. The van der Waals surface area contributed by atoms with Crippen molar-refractivity contribution >= 4 is 0 Å². The van der Waals surface area contributed by atoms with E-state index < -0.39 is 0 Å². The number of nitrogens with zero attached hydrogens (tertiary/aromatic N) is 2. The molecule has 1 aliphatic carbocycles. The maximum atomic E-state index is 3.60. The summed E-state index contributed by atoms with van der Waals surface area (Å²) < 4.78 is 0. The molecule has 18 heavy (non-hydrogen) atoms. The maximum absolute atomic E-state index is 3.60. The highest BCUT2D eigenvalue weighted by atomic mass is 15.3. The van der Waals surface area contributed by atoms with E-state index in [-0.39, 0.29) is 0 Å². The second kappa shape index (κ2) is 6.88. The zero-order valence-corrected chi connectivity index (χ0v) is 12.5. The van der Waals surface area contributed by atoms with Crippen molar-refractivity contribution in [3.8, 4) is 0 Å². The molecule has 0 bridgehead atoms. The average molecular weight is 253 g/mol. The molecule has 1 saturated heterocycles. The Bertz CT molecular complexity index is 230. The van der Waals surface area contributed by atoms with E-state index >= 15 is 0 Å². The van der Waals surface area contributed by atoms with Crippen LogP contribution in [0.4, 0.5) is 0 Å². The van der Waals surface area contributed by atoms with Crippen LogP contribution in [0.25, 0.3) is 0 Å². The molecule has 0 spiro atoms. The molecule has 1 N–H and O–H groups in total. The van der Waals surface area contributed by atoms with Gasteiger partial charge in [-0.15, -0.1) is 0 Å². The second-order valence-electron chi connectivity index (χ2n) is 6.54. The number of hydrogen-bond acceptors (Lipinski definition) is 3. The van der Waals surface area contributed by atoms with Crippen LogP contribution in [-0.2, 0) is 0 Å². The smallest absolute Gasteiger partial charge is 0.0193 e. The van der Waals surface area contributed by atoms with E-state index in [1.165, 1.54) is 52.0 Å². The van der Waals surface area contributed by atoms with E-state index in [4.69, 9.17) is 0 Å². The molecule has 0 aromatic heterocycles. The van der Waals surface area contributed by atoms with Crippen LogP contribution in [0.5, 0.6) is 0 Å². The Hall–Kier alpha value is -0.120. The largest absolute Gasteiger partial charge is 0.315 e. The summed E-state index contributed by atoms with van der Waals surface area (Å²) >= 11 is 0. The van der Waals surface area contributed by atoms with Crippen LogP contribution in [-0.4, -0.2) is 61.2 Å². The Morgan fingerprint density at radius 1 is 1.06 bits per heavy atom. The normalized spacial score (nSPS) is 24.7. The minimum Gasteiger partial charge on any atom is -0.315 e. The van der Waals surface area contributed by atoms with Crippen LogP contribution in [0.1, 0.15) is 40.0 Å². The van der Waals surface area contributed by atoms with Gasteiger partial charge >= 0.3 is 0 Å². The van der Waals surface area contributed by atoms with Crippen LogP contribution in [0.2, 0.25) is 0 Å². The second-order valence-corrected chi connectivity index (χ2v) is 6.54. The van der Waals surface area contributed by atoms with Crippen LogP contribution in [0.3, 0.4) is 0 Å². The van der Waals surface area contributed by atoms with Crippen molar-refractivity contribution in [2.45, 2.75) is 52.1 Å². The van der Waals surface area contributed by atoms with Gasteiger partial charge in [0, 0.05) is 44.8 Å². The molecular formula is C15H31N3. The molecule has 2 aliphatic rings. The third kappa shape index (κ3) is 4.52. The number of piperazine rings is 1. The molecule has 106 valence electrons. The van der Waals surface area contributed by atoms with Gasteiger partial charge < -0.3 is 5.32 Å². The standard InChI is InChI=1S/C15H31N3/c1-13(2)6-7-16-12-14(3)17-8-10-18(11-9-17)15-4-5-15/h13-16H,4-12H2,1-3H3. The van der Waals surface area contributed by atoms with Gasteiger partial charge in [0.05, 0.1) is 0 Å². The third-order valence-corrected chi connectivity index (χ3v) is 4.37. The van der Waals surface area contributed by atoms with Gasteiger partial charge in [-0.05, 0) is 38.6 Å². The first-order chi connectivity index (χ1) is 8.66. The lowest BCUT2D eigenvalue weighted by molar-refractivity contribution is 0.0969. The Kier molecular flexibility index (Phi) is 5.46. The maximum Gasteiger partial charge on any atom is 0.0193 e. The van der Waals surface area contributed by atoms with E-state index in [0.717, 1.165) is 18.5 Å². The molecule has 0 aromatic carbocycles. The summed E-state index contributed by atoms with van der Waals surface area (Å²) in [6.07, 6.45) is 4.20. The molecule has 1 saturated carbocycles. The van der Waals surface area contributed by atoms with E-state index in [1.807, 2.05) is 0 Å². The first-order valence-corrected chi connectivity index (χ1v) is 7.85. The highest BCUT2D eigenvalue weighted by molar-refractivity contribution is 4.88. The summed E-state index contributed by atoms with van der Waals surface area (Å²) in [5.41, 5.74) is 0. The molecule has 1 unspecified atom stereocenters. The van der Waals surface area contributed by atoms with Gasteiger partial charge in [-0.25, -0.2) is 0 Å². The van der Waals surface area contributed by atoms with Crippen LogP contribution < -0.4 is 5.32 Å². The average Bonchev–Trinajstić information content (AvgIpc) is 3.18. The highest BCUT2D eigenvalue weighted by Crippen LogP contribution is 2.27. The van der Waals surface area contributed by atoms with Gasteiger partial charge in [0.15, 0.2) is 0 Å². The highest BCUT2D eigenvalue weighted by Gasteiger charge is 2.31. The summed E-state index contributed by atoms with van der Waals surface area (Å²) in [7, 11) is 0. The van der Waals surface area contributed by atoms with E-state index in [9.17, 15) is 0 Å². The Morgan fingerprint density at radius 3 is 2.28 bits per heavy atom. The predicted molar refractivity (Wildman–Crippen MR) is 78.0 cm³/mol. The van der Waals surface area contributed by atoms with Gasteiger partial charge in [-0.1, -0.05) is 13.8 Å². The SMILES string of the molecule is CC(C)CCNCC(C)N1CCN(C2CC2)CC1. The molecule has 0 amide bonds. The molecule has 0 radical (unpaired) electrons. The molecule has 2 fully saturated rings. The summed E-state index contributed by atoms with van der Waals surface area (Å²) in [6, 6.07) is 1.64. The number of rotatable bonds is 7. The molecule has 1 atom stereocenters. The summed E-state index contributed by atoms with van der Waals surface area (Å²) in [4.78, 5) is 5.34. The van der Waals surface area contributed by atoms with Gasteiger partial charge in [0.1, 0.15) is 0 Å². The Labute approximate surface area is 113 Å². The minimum absolute atomic E-state index is 0.693. The molecular weight excluding hydrogens is 222 g/mol. The zero-order valence-electron chi connectivity index (χ0n) is 12.5. The van der Waals surface area contributed by atoms with E-state index in [2.05, 4.69) is 35.9 Å². The van der Waals surface area contributed by atoms with Crippen molar-refractivity contribution < 1.29 is 0 Å². The van der Waals surface area contributed by atoms with Crippen molar-refractivity contribution in [2.24, 2.45) is 5.92 Å². The van der Waals surface area contributed by atoms with Crippen LogP contribution in [0.15, 0.2) is 0 Å².